The van der Waals surface area contributed by atoms with Crippen LogP contribution in [0.5, 0.6) is 0 Å². The van der Waals surface area contributed by atoms with Crippen molar-refractivity contribution in [1.82, 2.24) is 4.90 Å². The lowest BCUT2D eigenvalue weighted by atomic mass is 9.94. The third kappa shape index (κ3) is 7.98. The van der Waals surface area contributed by atoms with Gasteiger partial charge in [-0.2, -0.15) is 18.4 Å². The zero-order valence-corrected chi connectivity index (χ0v) is 19.4. The van der Waals surface area contributed by atoms with Gasteiger partial charge in [-0.3, -0.25) is 4.90 Å². The van der Waals surface area contributed by atoms with Crippen molar-refractivity contribution in [2.24, 2.45) is 5.92 Å². The quantitative estimate of drug-likeness (QED) is 0.421. The molecule has 2 aromatic carbocycles. The molecular weight excluding hydrogens is 409 g/mol. The van der Waals surface area contributed by atoms with Gasteiger partial charge in [0.2, 0.25) is 0 Å². The number of benzene rings is 2. The molecule has 0 aromatic heterocycles. The second-order valence-electron chi connectivity index (χ2n) is 8.72. The van der Waals surface area contributed by atoms with Gasteiger partial charge in [0.05, 0.1) is 12.0 Å². The van der Waals surface area contributed by atoms with E-state index < -0.39 is 12.1 Å². The second-order valence-corrected chi connectivity index (χ2v) is 8.72. The molecule has 0 aliphatic heterocycles. The van der Waals surface area contributed by atoms with Crippen molar-refractivity contribution in [3.05, 3.63) is 71.3 Å². The number of alkyl halides is 3. The zero-order chi connectivity index (χ0) is 23.6. The van der Waals surface area contributed by atoms with E-state index in [-0.39, 0.29) is 18.8 Å². The third-order valence-electron chi connectivity index (χ3n) is 6.48. The maximum atomic E-state index is 12.9. The average Bonchev–Trinajstić information content (AvgIpc) is 3.27. The first-order chi connectivity index (χ1) is 15.3. The van der Waals surface area contributed by atoms with Crippen LogP contribution >= 0.6 is 0 Å². The monoisotopic (exact) mass is 444 g/mol. The Morgan fingerprint density at radius 3 is 2.19 bits per heavy atom. The first-order valence-electron chi connectivity index (χ1n) is 11.5. The molecular formula is C27H35F3N2. The Morgan fingerprint density at radius 2 is 1.66 bits per heavy atom. The molecule has 1 aliphatic rings. The molecule has 0 radical (unpaired) electrons. The Hall–Kier alpha value is -2.32. The standard InChI is InChI=1S/C25H32F3N.C2H3N/c1-3-24(29(2)18-20-7-5-4-6-8-20)16-11-19-9-12-21(13-10-19)22-14-15-23(17-22)25(26,27)28;1-2-3/h4-10,12-13,22-24H,3,11,14-18H2,1-2H3;1H3. The molecule has 3 rings (SSSR count). The topological polar surface area (TPSA) is 27.0 Å². The van der Waals surface area contributed by atoms with Crippen LogP contribution in [0.3, 0.4) is 0 Å². The number of nitriles is 1. The smallest absolute Gasteiger partial charge is 0.299 e. The first kappa shape index (κ1) is 25.9. The lowest BCUT2D eigenvalue weighted by Crippen LogP contribution is -2.31. The minimum atomic E-state index is -4.05. The summed E-state index contributed by atoms with van der Waals surface area (Å²) in [6.45, 7) is 4.60. The summed E-state index contributed by atoms with van der Waals surface area (Å²) in [6.07, 6.45) is 0.281. The number of rotatable bonds is 8. The van der Waals surface area contributed by atoms with Crippen LogP contribution in [0.15, 0.2) is 54.6 Å². The molecule has 5 heteroatoms. The maximum absolute atomic E-state index is 12.9. The molecule has 0 spiro atoms. The minimum Gasteiger partial charge on any atom is -0.299 e. The molecule has 0 heterocycles. The molecule has 2 aromatic rings. The maximum Gasteiger partial charge on any atom is 0.391 e. The molecule has 3 atom stereocenters. The van der Waals surface area contributed by atoms with Gasteiger partial charge in [-0.1, -0.05) is 61.5 Å². The molecule has 32 heavy (non-hydrogen) atoms. The lowest BCUT2D eigenvalue weighted by Gasteiger charge is -2.27. The van der Waals surface area contributed by atoms with Gasteiger partial charge in [-0.15, -0.1) is 0 Å². The molecule has 0 N–H and O–H groups in total. The predicted molar refractivity (Wildman–Crippen MR) is 124 cm³/mol. The van der Waals surface area contributed by atoms with Crippen LogP contribution in [0, 0.1) is 17.2 Å². The van der Waals surface area contributed by atoms with Crippen molar-refractivity contribution in [3.8, 4) is 6.07 Å². The molecule has 1 aliphatic carbocycles. The van der Waals surface area contributed by atoms with Gasteiger partial charge in [-0.05, 0) is 68.2 Å². The molecule has 1 saturated carbocycles. The van der Waals surface area contributed by atoms with Gasteiger partial charge < -0.3 is 0 Å². The van der Waals surface area contributed by atoms with E-state index in [2.05, 4.69) is 55.3 Å². The Balaban J connectivity index is 0.00000114. The van der Waals surface area contributed by atoms with E-state index in [4.69, 9.17) is 5.26 Å². The number of hydrogen-bond acceptors (Lipinski definition) is 2. The fraction of sp³-hybridized carbons (Fsp3) is 0.519. The van der Waals surface area contributed by atoms with E-state index in [0.29, 0.717) is 12.5 Å². The van der Waals surface area contributed by atoms with Crippen molar-refractivity contribution in [3.63, 3.8) is 0 Å². The Bertz CT molecular complexity index is 825. The van der Waals surface area contributed by atoms with E-state index in [9.17, 15) is 13.2 Å². The van der Waals surface area contributed by atoms with Gasteiger partial charge in [0, 0.05) is 19.5 Å². The molecule has 3 unspecified atom stereocenters. The van der Waals surface area contributed by atoms with E-state index in [1.807, 2.05) is 18.2 Å². The number of nitrogens with zero attached hydrogens (tertiary/aromatic N) is 2. The minimum absolute atomic E-state index is 0.0519. The van der Waals surface area contributed by atoms with E-state index in [1.165, 1.54) is 18.1 Å². The Morgan fingerprint density at radius 1 is 1.03 bits per heavy atom. The van der Waals surface area contributed by atoms with E-state index in [1.54, 1.807) is 6.07 Å². The van der Waals surface area contributed by atoms with Crippen LogP contribution in [-0.2, 0) is 13.0 Å². The average molecular weight is 445 g/mol. The third-order valence-corrected chi connectivity index (χ3v) is 6.48. The normalized spacial score (nSPS) is 19.2. The summed E-state index contributed by atoms with van der Waals surface area (Å²) in [7, 11) is 2.18. The van der Waals surface area contributed by atoms with Gasteiger partial charge in [-0.25, -0.2) is 0 Å². The fourth-order valence-electron chi connectivity index (χ4n) is 4.61. The zero-order valence-electron chi connectivity index (χ0n) is 19.4. The van der Waals surface area contributed by atoms with Gasteiger partial charge >= 0.3 is 6.18 Å². The largest absolute Gasteiger partial charge is 0.391 e. The van der Waals surface area contributed by atoms with Crippen molar-refractivity contribution in [1.29, 1.82) is 5.26 Å². The van der Waals surface area contributed by atoms with Crippen LogP contribution in [0.25, 0.3) is 0 Å². The molecule has 2 nitrogen and oxygen atoms in total. The predicted octanol–water partition coefficient (Wildman–Crippen LogP) is 7.51. The van der Waals surface area contributed by atoms with Gasteiger partial charge in [0.1, 0.15) is 0 Å². The van der Waals surface area contributed by atoms with Gasteiger partial charge in [0.25, 0.3) is 0 Å². The summed E-state index contributed by atoms with van der Waals surface area (Å²) in [5.41, 5.74) is 3.66. The molecule has 0 saturated heterocycles. The summed E-state index contributed by atoms with van der Waals surface area (Å²) in [6, 6.07) is 21.1. The molecule has 0 bridgehead atoms. The summed E-state index contributed by atoms with van der Waals surface area (Å²) in [4.78, 5) is 2.42. The molecule has 1 fully saturated rings. The summed E-state index contributed by atoms with van der Waals surface area (Å²) in [5, 5.41) is 7.32. The summed E-state index contributed by atoms with van der Waals surface area (Å²) in [5.74, 6) is -1.08. The Labute approximate surface area is 191 Å². The van der Waals surface area contributed by atoms with Gasteiger partial charge in [0.15, 0.2) is 0 Å². The highest BCUT2D eigenvalue weighted by Crippen LogP contribution is 2.45. The highest BCUT2D eigenvalue weighted by molar-refractivity contribution is 5.26. The fourth-order valence-corrected chi connectivity index (χ4v) is 4.61. The highest BCUT2D eigenvalue weighted by Gasteiger charge is 2.44. The van der Waals surface area contributed by atoms with Crippen molar-refractivity contribution in [2.75, 3.05) is 7.05 Å². The van der Waals surface area contributed by atoms with Crippen LogP contribution in [0.1, 0.15) is 68.6 Å². The van der Waals surface area contributed by atoms with Crippen molar-refractivity contribution < 1.29 is 13.2 Å². The lowest BCUT2D eigenvalue weighted by molar-refractivity contribution is -0.172. The van der Waals surface area contributed by atoms with Crippen LogP contribution in [0.4, 0.5) is 13.2 Å². The number of hydrogen-bond donors (Lipinski definition) is 0. The summed E-state index contributed by atoms with van der Waals surface area (Å²) >= 11 is 0. The molecule has 174 valence electrons. The molecule has 0 amide bonds. The first-order valence-corrected chi connectivity index (χ1v) is 11.5. The number of halogens is 3. The van der Waals surface area contributed by atoms with E-state index >= 15 is 0 Å². The Kier molecular flexibility index (Phi) is 10.3. The number of aryl methyl sites for hydroxylation is 1. The summed E-state index contributed by atoms with van der Waals surface area (Å²) < 4.78 is 38.8. The highest BCUT2D eigenvalue weighted by atomic mass is 19.4. The second kappa shape index (κ2) is 12.6. The SMILES string of the molecule is CC#N.CCC(CCc1ccc(C2CCC(C(F)(F)F)C2)cc1)N(C)Cc1ccccc1. The van der Waals surface area contributed by atoms with E-state index in [0.717, 1.165) is 31.4 Å². The van der Waals surface area contributed by atoms with Crippen LogP contribution in [0.2, 0.25) is 0 Å². The van der Waals surface area contributed by atoms with Crippen molar-refractivity contribution in [2.45, 2.75) is 77.1 Å². The van der Waals surface area contributed by atoms with Crippen molar-refractivity contribution >= 4 is 0 Å². The van der Waals surface area contributed by atoms with Crippen LogP contribution < -0.4 is 0 Å². The van der Waals surface area contributed by atoms with Crippen LogP contribution in [-0.4, -0.2) is 24.2 Å².